The minimum absolute atomic E-state index is 0.234. The van der Waals surface area contributed by atoms with Crippen molar-refractivity contribution in [3.05, 3.63) is 0 Å². The van der Waals surface area contributed by atoms with Gasteiger partial charge in [-0.15, -0.1) is 0 Å². The molecule has 0 aliphatic heterocycles. The van der Waals surface area contributed by atoms with E-state index in [1.165, 1.54) is 0 Å². The van der Waals surface area contributed by atoms with Gasteiger partial charge in [-0.05, 0) is 51.9 Å². The summed E-state index contributed by atoms with van der Waals surface area (Å²) >= 11 is 0. The van der Waals surface area contributed by atoms with Crippen LogP contribution in [0.4, 0.5) is 4.79 Å². The molecule has 0 unspecified atom stereocenters. The van der Waals surface area contributed by atoms with Crippen LogP contribution in [0, 0.1) is 11.3 Å². The maximum absolute atomic E-state index is 11.5. The highest BCUT2D eigenvalue weighted by molar-refractivity contribution is 5.68. The van der Waals surface area contributed by atoms with Crippen LogP contribution < -0.4 is 5.32 Å². The minimum Gasteiger partial charge on any atom is -0.444 e. The van der Waals surface area contributed by atoms with E-state index < -0.39 is 5.60 Å². The van der Waals surface area contributed by atoms with Crippen molar-refractivity contribution in [1.82, 2.24) is 5.32 Å². The zero-order valence-corrected chi connectivity index (χ0v) is 10.8. The van der Waals surface area contributed by atoms with Crippen molar-refractivity contribution >= 4 is 12.4 Å². The third-order valence-corrected chi connectivity index (χ3v) is 3.66. The van der Waals surface area contributed by atoms with Crippen LogP contribution in [-0.2, 0) is 9.53 Å². The van der Waals surface area contributed by atoms with Crippen LogP contribution in [0.15, 0.2) is 0 Å². The SMILES string of the molecule is CC(C)(C)OC(=O)NC1CC2(CC(C=O)C2)C1. The molecule has 2 fully saturated rings. The van der Waals surface area contributed by atoms with Crippen molar-refractivity contribution in [3.8, 4) is 0 Å². The van der Waals surface area contributed by atoms with Crippen molar-refractivity contribution in [2.45, 2.75) is 58.1 Å². The van der Waals surface area contributed by atoms with Gasteiger partial charge >= 0.3 is 6.09 Å². The van der Waals surface area contributed by atoms with Gasteiger partial charge in [0.15, 0.2) is 0 Å². The number of hydrogen-bond acceptors (Lipinski definition) is 3. The van der Waals surface area contributed by atoms with Crippen LogP contribution >= 0.6 is 0 Å². The third-order valence-electron chi connectivity index (χ3n) is 3.66. The fourth-order valence-corrected chi connectivity index (χ4v) is 3.04. The summed E-state index contributed by atoms with van der Waals surface area (Å²) in [7, 11) is 0. The van der Waals surface area contributed by atoms with Gasteiger partial charge in [-0.3, -0.25) is 0 Å². The second-order valence-electron chi connectivity index (χ2n) is 6.56. The molecule has 0 atom stereocenters. The number of nitrogens with one attached hydrogen (secondary N) is 1. The fraction of sp³-hybridized carbons (Fsp3) is 0.846. The monoisotopic (exact) mass is 239 g/mol. The van der Waals surface area contributed by atoms with Crippen molar-refractivity contribution in [2.24, 2.45) is 11.3 Å². The fourth-order valence-electron chi connectivity index (χ4n) is 3.04. The Morgan fingerprint density at radius 2 is 1.88 bits per heavy atom. The van der Waals surface area contributed by atoms with E-state index in [-0.39, 0.29) is 18.1 Å². The van der Waals surface area contributed by atoms with E-state index in [0.717, 1.165) is 32.0 Å². The predicted molar refractivity (Wildman–Crippen MR) is 63.6 cm³/mol. The molecule has 2 saturated carbocycles. The largest absolute Gasteiger partial charge is 0.444 e. The lowest BCUT2D eigenvalue weighted by Gasteiger charge is -2.56. The van der Waals surface area contributed by atoms with Crippen LogP contribution in [0.5, 0.6) is 0 Å². The average Bonchev–Trinajstić information content (AvgIpc) is 2.03. The van der Waals surface area contributed by atoms with Crippen molar-refractivity contribution in [1.29, 1.82) is 0 Å². The molecule has 1 spiro atoms. The first-order valence-electron chi connectivity index (χ1n) is 6.27. The number of carbonyl (C=O) groups excluding carboxylic acids is 2. The molecule has 2 aliphatic carbocycles. The highest BCUT2D eigenvalue weighted by Gasteiger charge is 2.53. The van der Waals surface area contributed by atoms with Gasteiger partial charge in [0.2, 0.25) is 0 Å². The predicted octanol–water partition coefficient (Wildman–Crippen LogP) is 2.27. The Balaban J connectivity index is 1.68. The van der Waals surface area contributed by atoms with E-state index in [2.05, 4.69) is 5.32 Å². The van der Waals surface area contributed by atoms with Gasteiger partial charge < -0.3 is 14.8 Å². The third kappa shape index (κ3) is 2.79. The molecule has 0 saturated heterocycles. The summed E-state index contributed by atoms with van der Waals surface area (Å²) in [6.45, 7) is 5.57. The number of amides is 1. The number of carbonyl (C=O) groups is 2. The highest BCUT2D eigenvalue weighted by atomic mass is 16.6. The van der Waals surface area contributed by atoms with Crippen LogP contribution in [0.2, 0.25) is 0 Å². The Morgan fingerprint density at radius 1 is 1.29 bits per heavy atom. The summed E-state index contributed by atoms with van der Waals surface area (Å²) in [5.41, 5.74) is -0.0874. The van der Waals surface area contributed by atoms with E-state index in [0.29, 0.717) is 5.41 Å². The van der Waals surface area contributed by atoms with Crippen LogP contribution in [0.3, 0.4) is 0 Å². The Labute approximate surface area is 102 Å². The van der Waals surface area contributed by atoms with E-state index in [1.54, 1.807) is 0 Å². The molecule has 0 aromatic carbocycles. The van der Waals surface area contributed by atoms with Crippen molar-refractivity contribution in [2.75, 3.05) is 0 Å². The molecule has 2 aliphatic rings. The Hall–Kier alpha value is -1.06. The molecule has 0 bridgehead atoms. The summed E-state index contributed by atoms with van der Waals surface area (Å²) in [5, 5.41) is 2.88. The second kappa shape index (κ2) is 4.00. The van der Waals surface area contributed by atoms with E-state index >= 15 is 0 Å². The van der Waals surface area contributed by atoms with E-state index in [4.69, 9.17) is 4.74 Å². The quantitative estimate of drug-likeness (QED) is 0.752. The summed E-state index contributed by atoms with van der Waals surface area (Å²) in [6.07, 6.45) is 4.72. The lowest BCUT2D eigenvalue weighted by Crippen LogP contribution is -2.56. The van der Waals surface area contributed by atoms with Crippen molar-refractivity contribution in [3.63, 3.8) is 0 Å². The molecule has 2 rings (SSSR count). The molecular formula is C13H21NO3. The molecule has 1 amide bonds. The zero-order valence-electron chi connectivity index (χ0n) is 10.8. The van der Waals surface area contributed by atoms with Gasteiger partial charge in [-0.2, -0.15) is 0 Å². The molecule has 1 N–H and O–H groups in total. The Bertz CT molecular complexity index is 318. The van der Waals surface area contributed by atoms with E-state index in [9.17, 15) is 9.59 Å². The maximum atomic E-state index is 11.5. The van der Waals surface area contributed by atoms with Gasteiger partial charge in [0.1, 0.15) is 11.9 Å². The lowest BCUT2D eigenvalue weighted by atomic mass is 9.50. The van der Waals surface area contributed by atoms with Crippen LogP contribution in [0.1, 0.15) is 46.5 Å². The molecule has 4 heteroatoms. The molecule has 0 aromatic rings. The summed E-state index contributed by atoms with van der Waals surface area (Å²) in [6, 6.07) is 0.234. The normalized spacial score (nSPS) is 35.7. The van der Waals surface area contributed by atoms with Crippen LogP contribution in [0.25, 0.3) is 0 Å². The number of aldehydes is 1. The van der Waals surface area contributed by atoms with Gasteiger partial charge in [0.25, 0.3) is 0 Å². The zero-order chi connectivity index (χ0) is 12.7. The maximum Gasteiger partial charge on any atom is 0.407 e. The number of ether oxygens (including phenoxy) is 1. The highest BCUT2D eigenvalue weighted by Crippen LogP contribution is 2.58. The first-order chi connectivity index (χ1) is 7.82. The average molecular weight is 239 g/mol. The van der Waals surface area contributed by atoms with Gasteiger partial charge in [-0.1, -0.05) is 0 Å². The topological polar surface area (TPSA) is 55.4 Å². The first-order valence-corrected chi connectivity index (χ1v) is 6.27. The molecule has 96 valence electrons. The molecular weight excluding hydrogens is 218 g/mol. The Kier molecular flexibility index (Phi) is 2.92. The molecule has 0 aromatic heterocycles. The number of alkyl carbamates (subject to hydrolysis) is 1. The summed E-state index contributed by atoms with van der Waals surface area (Å²) < 4.78 is 5.20. The smallest absolute Gasteiger partial charge is 0.407 e. The second-order valence-corrected chi connectivity index (χ2v) is 6.56. The molecule has 4 nitrogen and oxygen atoms in total. The van der Waals surface area contributed by atoms with E-state index in [1.807, 2.05) is 20.8 Å². The summed E-state index contributed by atoms with van der Waals surface area (Å²) in [4.78, 5) is 22.1. The van der Waals surface area contributed by atoms with Gasteiger partial charge in [-0.25, -0.2) is 4.79 Å². The van der Waals surface area contributed by atoms with Crippen molar-refractivity contribution < 1.29 is 14.3 Å². The van der Waals surface area contributed by atoms with Crippen LogP contribution in [-0.4, -0.2) is 24.0 Å². The standard InChI is InChI=1S/C13H21NO3/c1-12(2,3)17-11(16)14-10-6-13(7-10)4-9(5-13)8-15/h8-10H,4-7H2,1-3H3,(H,14,16). The molecule has 17 heavy (non-hydrogen) atoms. The number of hydrogen-bond donors (Lipinski definition) is 1. The van der Waals surface area contributed by atoms with Gasteiger partial charge in [0, 0.05) is 12.0 Å². The Morgan fingerprint density at radius 3 is 2.35 bits per heavy atom. The first kappa shape index (κ1) is 12.4. The molecule has 0 heterocycles. The van der Waals surface area contributed by atoms with Gasteiger partial charge in [0.05, 0.1) is 0 Å². The minimum atomic E-state index is -0.440. The summed E-state index contributed by atoms with van der Waals surface area (Å²) in [5.74, 6) is 0.262. The molecule has 0 radical (unpaired) electrons. The number of rotatable bonds is 2. The lowest BCUT2D eigenvalue weighted by molar-refractivity contribution is -0.124.